The van der Waals surface area contributed by atoms with Gasteiger partial charge < -0.3 is 0 Å². The molecule has 0 saturated heterocycles. The average Bonchev–Trinajstić information content (AvgIpc) is 3.22. The lowest BCUT2D eigenvalue weighted by molar-refractivity contribution is 0.534. The van der Waals surface area contributed by atoms with Crippen LogP contribution in [-0.2, 0) is 6.42 Å². The molecule has 1 nitrogen and oxygen atoms in total. The van der Waals surface area contributed by atoms with Gasteiger partial charge in [-0.05, 0) is 66.7 Å². The molecule has 4 rings (SSSR count). The number of benzene rings is 2. The van der Waals surface area contributed by atoms with E-state index in [1.807, 2.05) is 11.2 Å². The maximum absolute atomic E-state index is 14.1. The van der Waals surface area contributed by atoms with E-state index in [9.17, 15) is 8.78 Å². The second-order valence-corrected chi connectivity index (χ2v) is 7.99. The third-order valence-corrected chi connectivity index (χ3v) is 5.88. The Labute approximate surface area is 175 Å². The van der Waals surface area contributed by atoms with E-state index in [-0.39, 0.29) is 11.3 Å². The molecular weight excluding hydrogens is 384 g/mol. The van der Waals surface area contributed by atoms with Crippen molar-refractivity contribution in [2.45, 2.75) is 44.9 Å². The molecule has 4 heteroatoms. The fourth-order valence-corrected chi connectivity index (χ4v) is 4.38. The number of nitrogens with zero attached hydrogens (tertiary/aromatic N) is 1. The van der Waals surface area contributed by atoms with Crippen LogP contribution in [0.1, 0.15) is 60.8 Å². The largest absolute Gasteiger partial charge is 0.206 e. The zero-order chi connectivity index (χ0) is 20.2. The van der Waals surface area contributed by atoms with Crippen LogP contribution >= 0.6 is 12.2 Å². The number of hydrogen-bond donors (Lipinski definition) is 0. The van der Waals surface area contributed by atoms with Gasteiger partial charge in [0.25, 0.3) is 0 Å². The molecule has 0 atom stereocenters. The standard InChI is InChI=1S/C25H21F2NS/c26-23-15-25(28-16-29)24(27)14-22(23)10-6-18-5-8-21-13-19(7-9-20(21)12-18)11-17-3-1-2-4-17/h5,8,12-15,17H,1-4,7,9,11H2. The van der Waals surface area contributed by atoms with Crippen LogP contribution in [0.4, 0.5) is 14.5 Å². The molecule has 0 bridgehead atoms. The van der Waals surface area contributed by atoms with Crippen LogP contribution in [-0.4, -0.2) is 5.16 Å². The summed E-state index contributed by atoms with van der Waals surface area (Å²) in [5, 5.41) is 2.04. The second kappa shape index (κ2) is 8.82. The molecule has 0 unspecified atom stereocenters. The van der Waals surface area contributed by atoms with Gasteiger partial charge in [-0.25, -0.2) is 8.78 Å². The van der Waals surface area contributed by atoms with Crippen LogP contribution in [0.5, 0.6) is 0 Å². The number of rotatable bonds is 3. The van der Waals surface area contributed by atoms with Crippen molar-refractivity contribution in [1.82, 2.24) is 0 Å². The van der Waals surface area contributed by atoms with Crippen LogP contribution in [0.3, 0.4) is 0 Å². The highest BCUT2D eigenvalue weighted by Gasteiger charge is 2.18. The van der Waals surface area contributed by atoms with Gasteiger partial charge in [0.15, 0.2) is 5.82 Å². The van der Waals surface area contributed by atoms with Crippen LogP contribution in [0.2, 0.25) is 0 Å². The molecule has 146 valence electrons. The van der Waals surface area contributed by atoms with E-state index in [0.717, 1.165) is 36.5 Å². The van der Waals surface area contributed by atoms with E-state index in [2.05, 4.69) is 47.3 Å². The Morgan fingerprint density at radius 3 is 2.62 bits per heavy atom. The van der Waals surface area contributed by atoms with Crippen LogP contribution in [0.25, 0.3) is 6.08 Å². The summed E-state index contributed by atoms with van der Waals surface area (Å²) in [5.74, 6) is 5.26. The predicted molar refractivity (Wildman–Crippen MR) is 116 cm³/mol. The molecule has 2 aromatic carbocycles. The third kappa shape index (κ3) is 4.70. The number of halogens is 2. The van der Waals surface area contributed by atoms with Gasteiger partial charge in [0, 0.05) is 11.6 Å². The van der Waals surface area contributed by atoms with Crippen molar-refractivity contribution < 1.29 is 8.78 Å². The number of fused-ring (bicyclic) bond motifs is 1. The first kappa shape index (κ1) is 19.7. The van der Waals surface area contributed by atoms with Crippen LogP contribution < -0.4 is 0 Å². The average molecular weight is 406 g/mol. The first-order chi connectivity index (χ1) is 14.1. The monoisotopic (exact) mass is 405 g/mol. The Morgan fingerprint density at radius 1 is 1.00 bits per heavy atom. The Bertz CT molecular complexity index is 1080. The van der Waals surface area contributed by atoms with E-state index < -0.39 is 11.6 Å². The predicted octanol–water partition coefficient (Wildman–Crippen LogP) is 7.01. The molecule has 2 aliphatic rings. The van der Waals surface area contributed by atoms with Crippen molar-refractivity contribution in [3.63, 3.8) is 0 Å². The Hall–Kier alpha value is -2.60. The molecule has 0 N–H and O–H groups in total. The smallest absolute Gasteiger partial charge is 0.151 e. The quantitative estimate of drug-likeness (QED) is 0.304. The molecule has 2 aliphatic carbocycles. The van der Waals surface area contributed by atoms with Crippen molar-refractivity contribution in [2.24, 2.45) is 10.9 Å². The molecule has 1 fully saturated rings. The van der Waals surface area contributed by atoms with E-state index in [1.165, 1.54) is 43.2 Å². The molecule has 0 amide bonds. The summed E-state index contributed by atoms with van der Waals surface area (Å²) >= 11 is 4.44. The summed E-state index contributed by atoms with van der Waals surface area (Å²) in [6.07, 6.45) is 11.2. The number of thiocarbonyl (C=S) groups is 1. The molecule has 29 heavy (non-hydrogen) atoms. The first-order valence-corrected chi connectivity index (χ1v) is 10.4. The van der Waals surface area contributed by atoms with Gasteiger partial charge in [-0.3, -0.25) is 0 Å². The molecule has 0 aliphatic heterocycles. The summed E-state index contributed by atoms with van der Waals surface area (Å²) in [5.41, 5.74) is 4.72. The highest BCUT2D eigenvalue weighted by molar-refractivity contribution is 7.78. The fraction of sp³-hybridized carbons (Fsp3) is 0.320. The maximum atomic E-state index is 14.1. The van der Waals surface area contributed by atoms with Gasteiger partial charge in [-0.15, -0.1) is 0 Å². The molecule has 0 heterocycles. The summed E-state index contributed by atoms with van der Waals surface area (Å²) in [6, 6.07) is 8.12. The minimum atomic E-state index is -0.668. The number of isothiocyanates is 1. The Balaban J connectivity index is 1.53. The number of allylic oxidation sites excluding steroid dienone is 1. The van der Waals surface area contributed by atoms with Gasteiger partial charge in [0.1, 0.15) is 11.5 Å². The second-order valence-electron chi connectivity index (χ2n) is 7.81. The lowest BCUT2D eigenvalue weighted by atomic mass is 9.86. The molecule has 0 spiro atoms. The molecule has 0 radical (unpaired) electrons. The SMILES string of the molecule is Fc1cc(N=C=S)c(F)cc1C#Cc1ccc2c(c1)CCC(CC1CCCC1)=C2. The molecular formula is C25H21F2NS. The highest BCUT2D eigenvalue weighted by Crippen LogP contribution is 2.34. The summed E-state index contributed by atoms with van der Waals surface area (Å²) < 4.78 is 28.1. The van der Waals surface area contributed by atoms with Crippen molar-refractivity contribution >= 4 is 29.1 Å². The maximum Gasteiger partial charge on any atom is 0.151 e. The van der Waals surface area contributed by atoms with Crippen LogP contribution in [0.15, 0.2) is 40.9 Å². The zero-order valence-corrected chi connectivity index (χ0v) is 16.9. The van der Waals surface area contributed by atoms with Crippen molar-refractivity contribution in [3.05, 3.63) is 69.8 Å². The van der Waals surface area contributed by atoms with Gasteiger partial charge in [0.05, 0.1) is 10.7 Å². The third-order valence-electron chi connectivity index (χ3n) is 5.79. The van der Waals surface area contributed by atoms with Crippen molar-refractivity contribution in [2.75, 3.05) is 0 Å². The number of aryl methyl sites for hydroxylation is 1. The van der Waals surface area contributed by atoms with E-state index in [1.54, 1.807) is 5.57 Å². The van der Waals surface area contributed by atoms with Crippen molar-refractivity contribution in [3.8, 4) is 11.8 Å². The minimum Gasteiger partial charge on any atom is -0.206 e. The van der Waals surface area contributed by atoms with E-state index >= 15 is 0 Å². The highest BCUT2D eigenvalue weighted by atomic mass is 32.1. The van der Waals surface area contributed by atoms with E-state index in [4.69, 9.17) is 0 Å². The summed E-state index contributed by atoms with van der Waals surface area (Å²) in [6.45, 7) is 0. The van der Waals surface area contributed by atoms with Gasteiger partial charge in [-0.2, -0.15) is 4.99 Å². The van der Waals surface area contributed by atoms with Gasteiger partial charge in [0.2, 0.25) is 0 Å². The fourth-order valence-electron chi connectivity index (χ4n) is 4.28. The summed E-state index contributed by atoms with van der Waals surface area (Å²) in [7, 11) is 0. The topological polar surface area (TPSA) is 12.4 Å². The molecule has 0 aromatic heterocycles. The molecule has 1 saturated carbocycles. The number of hydrogen-bond acceptors (Lipinski definition) is 2. The van der Waals surface area contributed by atoms with E-state index in [0.29, 0.717) is 0 Å². The minimum absolute atomic E-state index is 0.00212. The lowest BCUT2D eigenvalue weighted by Gasteiger charge is -2.19. The number of aliphatic imine (C=N–C) groups is 1. The van der Waals surface area contributed by atoms with Gasteiger partial charge >= 0.3 is 0 Å². The Morgan fingerprint density at radius 2 is 1.83 bits per heavy atom. The summed E-state index contributed by atoms with van der Waals surface area (Å²) in [4.78, 5) is 3.51. The van der Waals surface area contributed by atoms with Crippen molar-refractivity contribution in [1.29, 1.82) is 0 Å². The zero-order valence-electron chi connectivity index (χ0n) is 16.1. The van der Waals surface area contributed by atoms with Gasteiger partial charge in [-0.1, -0.05) is 55.2 Å². The van der Waals surface area contributed by atoms with Crippen LogP contribution in [0, 0.1) is 29.4 Å². The Kier molecular flexibility index (Phi) is 6.00. The normalized spacial score (nSPS) is 15.7. The lowest BCUT2D eigenvalue weighted by Crippen LogP contribution is -2.03. The first-order valence-electron chi connectivity index (χ1n) is 10.0. The molecule has 2 aromatic rings.